The molecule has 2 amide bonds. The average molecular weight is 518 g/mol. The number of H-pyrrole nitrogens is 1. The highest BCUT2D eigenvalue weighted by molar-refractivity contribution is 5.85. The lowest BCUT2D eigenvalue weighted by Crippen LogP contribution is -2.45. The molecule has 0 aliphatic carbocycles. The predicted octanol–water partition coefficient (Wildman–Crippen LogP) is 6.96. The number of hydrogen-bond donors (Lipinski definition) is 1. The number of nitrogens with zero attached hydrogens (tertiary/aromatic N) is 2. The van der Waals surface area contributed by atoms with Crippen LogP contribution in [0.25, 0.3) is 10.9 Å². The van der Waals surface area contributed by atoms with Crippen LogP contribution in [0.15, 0.2) is 54.7 Å². The van der Waals surface area contributed by atoms with Crippen LogP contribution < -0.4 is 0 Å². The first-order valence-corrected chi connectivity index (χ1v) is 13.9. The highest BCUT2D eigenvalue weighted by atomic mass is 16.2. The standard InChI is InChI=1S/C33H47N3O2/c1-24(2)21-36(30(37)19-32(3,4)5)23-31(38)35(22-25-13-15-27(16-14-25)33(6,7)8)18-17-26-20-34-29-12-10-9-11-28(26)29/h9-16,20,24,34H,17-19,21-23H2,1-8H3. The van der Waals surface area contributed by atoms with Crippen LogP contribution in [-0.4, -0.2) is 46.2 Å². The van der Waals surface area contributed by atoms with Gasteiger partial charge in [0.05, 0.1) is 6.54 Å². The molecule has 0 spiro atoms. The number of para-hydroxylation sites is 1. The topological polar surface area (TPSA) is 56.4 Å². The molecule has 5 heteroatoms. The minimum Gasteiger partial charge on any atom is -0.361 e. The third kappa shape index (κ3) is 8.47. The van der Waals surface area contributed by atoms with E-state index in [1.165, 1.54) is 16.5 Å². The zero-order chi connectivity index (χ0) is 28.1. The Labute approximate surface area is 229 Å². The second-order valence-electron chi connectivity index (χ2n) is 13.3. The minimum atomic E-state index is -0.126. The maximum absolute atomic E-state index is 13.8. The van der Waals surface area contributed by atoms with Crippen molar-refractivity contribution in [1.82, 2.24) is 14.8 Å². The third-order valence-electron chi connectivity index (χ3n) is 6.82. The van der Waals surface area contributed by atoms with E-state index in [-0.39, 0.29) is 35.1 Å². The maximum atomic E-state index is 13.8. The first kappa shape index (κ1) is 29.5. The molecule has 38 heavy (non-hydrogen) atoms. The van der Waals surface area contributed by atoms with Crippen LogP contribution >= 0.6 is 0 Å². The summed E-state index contributed by atoms with van der Waals surface area (Å²) in [5.41, 5.74) is 4.63. The highest BCUT2D eigenvalue weighted by Crippen LogP contribution is 2.24. The maximum Gasteiger partial charge on any atom is 0.242 e. The van der Waals surface area contributed by atoms with Gasteiger partial charge in [-0.1, -0.05) is 97.9 Å². The predicted molar refractivity (Wildman–Crippen MR) is 158 cm³/mol. The summed E-state index contributed by atoms with van der Waals surface area (Å²) in [6, 6.07) is 16.8. The van der Waals surface area contributed by atoms with Crippen molar-refractivity contribution in [1.29, 1.82) is 0 Å². The van der Waals surface area contributed by atoms with Crippen molar-refractivity contribution in [2.24, 2.45) is 11.3 Å². The molecular weight excluding hydrogens is 470 g/mol. The fraction of sp³-hybridized carbons (Fsp3) is 0.515. The molecule has 0 radical (unpaired) electrons. The number of benzene rings is 2. The van der Waals surface area contributed by atoms with Gasteiger partial charge in [-0.2, -0.15) is 0 Å². The summed E-state index contributed by atoms with van der Waals surface area (Å²) in [6.45, 7) is 18.8. The number of fused-ring (bicyclic) bond motifs is 1. The second-order valence-corrected chi connectivity index (χ2v) is 13.3. The number of aromatic amines is 1. The van der Waals surface area contributed by atoms with Gasteiger partial charge in [0.1, 0.15) is 0 Å². The Morgan fingerprint density at radius 1 is 0.868 bits per heavy atom. The Morgan fingerprint density at radius 3 is 2.13 bits per heavy atom. The molecule has 0 aliphatic rings. The normalized spacial score (nSPS) is 12.2. The van der Waals surface area contributed by atoms with Crippen molar-refractivity contribution in [2.45, 2.75) is 80.2 Å². The summed E-state index contributed by atoms with van der Waals surface area (Å²) >= 11 is 0. The van der Waals surface area contributed by atoms with Crippen molar-refractivity contribution in [3.05, 3.63) is 71.4 Å². The van der Waals surface area contributed by atoms with Crippen molar-refractivity contribution < 1.29 is 9.59 Å². The van der Waals surface area contributed by atoms with Crippen molar-refractivity contribution >= 4 is 22.7 Å². The second kappa shape index (κ2) is 12.2. The van der Waals surface area contributed by atoms with Crippen molar-refractivity contribution in [3.8, 4) is 0 Å². The summed E-state index contributed by atoms with van der Waals surface area (Å²) in [7, 11) is 0. The average Bonchev–Trinajstić information content (AvgIpc) is 3.22. The van der Waals surface area contributed by atoms with E-state index in [0.717, 1.165) is 17.5 Å². The molecular formula is C33H47N3O2. The van der Waals surface area contributed by atoms with E-state index in [9.17, 15) is 9.59 Å². The Bertz CT molecular complexity index is 1210. The van der Waals surface area contributed by atoms with Gasteiger partial charge in [0, 0.05) is 43.2 Å². The Morgan fingerprint density at radius 2 is 1.53 bits per heavy atom. The molecule has 0 bridgehead atoms. The molecule has 5 nitrogen and oxygen atoms in total. The van der Waals surface area contributed by atoms with Gasteiger partial charge in [-0.25, -0.2) is 0 Å². The monoisotopic (exact) mass is 517 g/mol. The van der Waals surface area contributed by atoms with Crippen molar-refractivity contribution in [2.75, 3.05) is 19.6 Å². The lowest BCUT2D eigenvalue weighted by molar-refractivity contribution is -0.142. The SMILES string of the molecule is CC(C)CN(CC(=O)N(CCc1c[nH]c2ccccc12)Cc1ccc(C(C)(C)C)cc1)C(=O)CC(C)(C)C. The van der Waals surface area contributed by atoms with Crippen LogP contribution in [0.2, 0.25) is 0 Å². The van der Waals surface area contributed by atoms with E-state index in [0.29, 0.717) is 26.1 Å². The van der Waals surface area contributed by atoms with Gasteiger partial charge in [0.15, 0.2) is 0 Å². The minimum absolute atomic E-state index is 0.00681. The van der Waals surface area contributed by atoms with E-state index in [2.05, 4.69) is 96.8 Å². The lowest BCUT2D eigenvalue weighted by atomic mass is 9.87. The van der Waals surface area contributed by atoms with E-state index in [1.807, 2.05) is 23.2 Å². The number of rotatable bonds is 10. The fourth-order valence-corrected chi connectivity index (χ4v) is 4.74. The first-order valence-electron chi connectivity index (χ1n) is 13.9. The van der Waals surface area contributed by atoms with Crippen LogP contribution in [0.5, 0.6) is 0 Å². The summed E-state index contributed by atoms with van der Waals surface area (Å²) < 4.78 is 0. The largest absolute Gasteiger partial charge is 0.361 e. The van der Waals surface area contributed by atoms with E-state index in [4.69, 9.17) is 0 Å². The smallest absolute Gasteiger partial charge is 0.242 e. The number of hydrogen-bond acceptors (Lipinski definition) is 2. The summed E-state index contributed by atoms with van der Waals surface area (Å²) in [5.74, 6) is 0.328. The number of carbonyl (C=O) groups excluding carboxylic acids is 2. The van der Waals surface area contributed by atoms with Crippen molar-refractivity contribution in [3.63, 3.8) is 0 Å². The van der Waals surface area contributed by atoms with Crippen LogP contribution in [0.1, 0.15) is 78.5 Å². The molecule has 2 aromatic carbocycles. The molecule has 0 atom stereocenters. The number of amides is 2. The van der Waals surface area contributed by atoms with Gasteiger partial charge in [-0.3, -0.25) is 9.59 Å². The van der Waals surface area contributed by atoms with E-state index < -0.39 is 0 Å². The lowest BCUT2D eigenvalue weighted by Gasteiger charge is -2.31. The molecule has 1 heterocycles. The fourth-order valence-electron chi connectivity index (χ4n) is 4.74. The molecule has 0 unspecified atom stereocenters. The van der Waals surface area contributed by atoms with Gasteiger partial charge < -0.3 is 14.8 Å². The van der Waals surface area contributed by atoms with E-state index in [1.54, 1.807) is 4.90 Å². The number of nitrogens with one attached hydrogen (secondary N) is 1. The van der Waals surface area contributed by atoms with Gasteiger partial charge in [-0.05, 0) is 45.9 Å². The Balaban J connectivity index is 1.82. The van der Waals surface area contributed by atoms with Gasteiger partial charge in [0.2, 0.25) is 11.8 Å². The quantitative estimate of drug-likeness (QED) is 0.316. The third-order valence-corrected chi connectivity index (χ3v) is 6.82. The molecule has 3 rings (SSSR count). The zero-order valence-corrected chi connectivity index (χ0v) is 24.7. The number of carbonyl (C=O) groups is 2. The molecule has 3 aromatic rings. The van der Waals surface area contributed by atoms with E-state index >= 15 is 0 Å². The molecule has 1 aromatic heterocycles. The molecule has 0 saturated carbocycles. The first-order chi connectivity index (χ1) is 17.7. The summed E-state index contributed by atoms with van der Waals surface area (Å²) in [6.07, 6.45) is 3.22. The Kier molecular flexibility index (Phi) is 9.45. The summed E-state index contributed by atoms with van der Waals surface area (Å²) in [5, 5.41) is 1.19. The van der Waals surface area contributed by atoms with Crippen LogP contribution in [-0.2, 0) is 28.0 Å². The zero-order valence-electron chi connectivity index (χ0n) is 24.7. The van der Waals surface area contributed by atoms with Gasteiger partial charge in [0.25, 0.3) is 0 Å². The van der Waals surface area contributed by atoms with Crippen LogP contribution in [0.3, 0.4) is 0 Å². The highest BCUT2D eigenvalue weighted by Gasteiger charge is 2.26. The number of aromatic nitrogens is 1. The van der Waals surface area contributed by atoms with Gasteiger partial charge >= 0.3 is 0 Å². The summed E-state index contributed by atoms with van der Waals surface area (Å²) in [4.78, 5) is 34.0. The molecule has 206 valence electrons. The Hall–Kier alpha value is -3.08. The molecule has 1 N–H and O–H groups in total. The molecule has 0 saturated heterocycles. The molecule has 0 fully saturated rings. The van der Waals surface area contributed by atoms with Crippen LogP contribution in [0.4, 0.5) is 0 Å². The van der Waals surface area contributed by atoms with Gasteiger partial charge in [-0.15, -0.1) is 0 Å². The van der Waals surface area contributed by atoms with Crippen LogP contribution in [0, 0.1) is 11.3 Å². The molecule has 0 aliphatic heterocycles.